The van der Waals surface area contributed by atoms with Crippen molar-refractivity contribution in [3.05, 3.63) is 64.2 Å². The predicted molar refractivity (Wildman–Crippen MR) is 97.8 cm³/mol. The first-order valence-corrected chi connectivity index (χ1v) is 8.20. The molecule has 1 N–H and O–H groups in total. The van der Waals surface area contributed by atoms with Gasteiger partial charge in [0.05, 0.1) is 12.8 Å². The van der Waals surface area contributed by atoms with Gasteiger partial charge in [-0.05, 0) is 49.6 Å². The average Bonchev–Trinajstić information content (AvgIpc) is 2.53. The van der Waals surface area contributed by atoms with Crippen LogP contribution >= 0.6 is 11.6 Å². The molecule has 0 bridgehead atoms. The fourth-order valence-corrected chi connectivity index (χ4v) is 2.40. The Hall–Kier alpha value is -2.33. The Balaban J connectivity index is 1.68. The van der Waals surface area contributed by atoms with Crippen molar-refractivity contribution in [1.29, 1.82) is 0 Å². The maximum absolute atomic E-state index is 11.7. The summed E-state index contributed by atoms with van der Waals surface area (Å²) in [4.78, 5) is 11.7. The third kappa shape index (κ3) is 6.05. The van der Waals surface area contributed by atoms with Gasteiger partial charge in [-0.2, -0.15) is 5.10 Å². The molecule has 0 saturated heterocycles. The smallest absolute Gasteiger partial charge is 0.240 e. The van der Waals surface area contributed by atoms with Gasteiger partial charge >= 0.3 is 0 Å². The summed E-state index contributed by atoms with van der Waals surface area (Å²) in [7, 11) is 0. The highest BCUT2D eigenvalue weighted by Gasteiger charge is 2.02. The van der Waals surface area contributed by atoms with E-state index in [1.54, 1.807) is 12.3 Å². The molecular formula is C19H21ClN2O2. The first-order chi connectivity index (χ1) is 11.5. The van der Waals surface area contributed by atoms with E-state index in [-0.39, 0.29) is 5.91 Å². The van der Waals surface area contributed by atoms with Gasteiger partial charge in [-0.15, -0.1) is 0 Å². The standard InChI is InChI=1S/C19H21ClN2O2/c1-14-5-3-6-16(11-14)13-21-22-19(23)7-4-10-24-18-9-8-17(20)12-15(18)2/h3,5-6,8-9,11-13H,4,7,10H2,1-2H3,(H,22,23)/b21-13+. The molecule has 2 aromatic rings. The van der Waals surface area contributed by atoms with E-state index in [9.17, 15) is 4.79 Å². The SMILES string of the molecule is Cc1cccc(/C=N/NC(=O)CCCOc2ccc(Cl)cc2C)c1. The maximum Gasteiger partial charge on any atom is 0.240 e. The fourth-order valence-electron chi connectivity index (χ4n) is 2.17. The second kappa shape index (κ2) is 9.08. The molecule has 2 aromatic carbocycles. The zero-order valence-corrected chi connectivity index (χ0v) is 14.6. The molecule has 1 amide bonds. The molecule has 0 aliphatic rings. The van der Waals surface area contributed by atoms with E-state index in [0.717, 1.165) is 22.4 Å². The first kappa shape index (κ1) is 18.0. The van der Waals surface area contributed by atoms with Gasteiger partial charge < -0.3 is 4.74 Å². The highest BCUT2D eigenvalue weighted by atomic mass is 35.5. The zero-order chi connectivity index (χ0) is 17.4. The number of nitrogens with zero attached hydrogens (tertiary/aromatic N) is 1. The van der Waals surface area contributed by atoms with E-state index < -0.39 is 0 Å². The van der Waals surface area contributed by atoms with Crippen molar-refractivity contribution in [3.8, 4) is 5.75 Å². The van der Waals surface area contributed by atoms with E-state index in [2.05, 4.69) is 10.5 Å². The summed E-state index contributed by atoms with van der Waals surface area (Å²) in [6.45, 7) is 4.42. The second-order valence-corrected chi connectivity index (χ2v) is 6.01. The van der Waals surface area contributed by atoms with Crippen LogP contribution in [0.1, 0.15) is 29.5 Å². The minimum atomic E-state index is -0.129. The first-order valence-electron chi connectivity index (χ1n) is 7.82. The van der Waals surface area contributed by atoms with Crippen LogP contribution in [0.15, 0.2) is 47.6 Å². The summed E-state index contributed by atoms with van der Waals surface area (Å²) >= 11 is 5.90. The van der Waals surface area contributed by atoms with Crippen molar-refractivity contribution < 1.29 is 9.53 Å². The molecule has 0 atom stereocenters. The van der Waals surface area contributed by atoms with Gasteiger partial charge in [0, 0.05) is 11.4 Å². The van der Waals surface area contributed by atoms with Crippen LogP contribution in [0.4, 0.5) is 0 Å². The Morgan fingerprint density at radius 3 is 2.83 bits per heavy atom. The Labute approximate surface area is 147 Å². The number of halogens is 1. The average molecular weight is 345 g/mol. The van der Waals surface area contributed by atoms with Crippen LogP contribution in [0.3, 0.4) is 0 Å². The van der Waals surface area contributed by atoms with Crippen LogP contribution in [-0.2, 0) is 4.79 Å². The molecule has 0 fully saturated rings. The largest absolute Gasteiger partial charge is 0.493 e. The molecule has 0 aliphatic carbocycles. The lowest BCUT2D eigenvalue weighted by Crippen LogP contribution is -2.18. The Morgan fingerprint density at radius 1 is 1.25 bits per heavy atom. The van der Waals surface area contributed by atoms with Crippen molar-refractivity contribution in [2.24, 2.45) is 5.10 Å². The van der Waals surface area contributed by atoms with Gasteiger partial charge in [0.1, 0.15) is 5.75 Å². The molecular weight excluding hydrogens is 324 g/mol. The van der Waals surface area contributed by atoms with Gasteiger partial charge in [-0.3, -0.25) is 4.79 Å². The van der Waals surface area contributed by atoms with Crippen molar-refractivity contribution >= 4 is 23.7 Å². The quantitative estimate of drug-likeness (QED) is 0.463. The summed E-state index contributed by atoms with van der Waals surface area (Å²) in [6, 6.07) is 13.4. The molecule has 0 radical (unpaired) electrons. The molecule has 0 unspecified atom stereocenters. The van der Waals surface area contributed by atoms with Gasteiger partial charge in [0.15, 0.2) is 0 Å². The van der Waals surface area contributed by atoms with Gasteiger partial charge in [-0.25, -0.2) is 5.43 Å². The van der Waals surface area contributed by atoms with E-state index in [1.807, 2.05) is 50.2 Å². The minimum Gasteiger partial charge on any atom is -0.493 e. The van der Waals surface area contributed by atoms with Crippen molar-refractivity contribution in [2.75, 3.05) is 6.61 Å². The molecule has 0 aliphatic heterocycles. The van der Waals surface area contributed by atoms with Gasteiger partial charge in [-0.1, -0.05) is 41.4 Å². The summed E-state index contributed by atoms with van der Waals surface area (Å²) in [5.41, 5.74) is 5.61. The molecule has 2 rings (SSSR count). The van der Waals surface area contributed by atoms with Crippen molar-refractivity contribution in [3.63, 3.8) is 0 Å². The molecule has 126 valence electrons. The van der Waals surface area contributed by atoms with E-state index in [1.165, 1.54) is 0 Å². The van der Waals surface area contributed by atoms with Crippen molar-refractivity contribution in [1.82, 2.24) is 5.43 Å². The van der Waals surface area contributed by atoms with Crippen LogP contribution in [0, 0.1) is 13.8 Å². The third-order valence-electron chi connectivity index (χ3n) is 3.39. The van der Waals surface area contributed by atoms with Crippen LogP contribution < -0.4 is 10.2 Å². The van der Waals surface area contributed by atoms with Crippen molar-refractivity contribution in [2.45, 2.75) is 26.7 Å². The Bertz CT molecular complexity index is 729. The maximum atomic E-state index is 11.7. The highest BCUT2D eigenvalue weighted by Crippen LogP contribution is 2.21. The van der Waals surface area contributed by atoms with Crippen LogP contribution in [-0.4, -0.2) is 18.7 Å². The topological polar surface area (TPSA) is 50.7 Å². The normalized spacial score (nSPS) is 10.8. The van der Waals surface area contributed by atoms with Crippen LogP contribution in [0.5, 0.6) is 5.75 Å². The van der Waals surface area contributed by atoms with Crippen LogP contribution in [0.2, 0.25) is 5.02 Å². The number of nitrogens with one attached hydrogen (secondary N) is 1. The summed E-state index contributed by atoms with van der Waals surface area (Å²) in [5, 5.41) is 4.65. The number of carbonyl (C=O) groups is 1. The molecule has 0 heterocycles. The number of ether oxygens (including phenoxy) is 1. The number of rotatable bonds is 7. The molecule has 5 heteroatoms. The summed E-state index contributed by atoms with van der Waals surface area (Å²) in [5.74, 6) is 0.660. The number of hydrogen-bond acceptors (Lipinski definition) is 3. The molecule has 24 heavy (non-hydrogen) atoms. The number of amides is 1. The molecule has 0 saturated carbocycles. The van der Waals surface area contributed by atoms with E-state index in [0.29, 0.717) is 24.5 Å². The minimum absolute atomic E-state index is 0.129. The lowest BCUT2D eigenvalue weighted by molar-refractivity contribution is -0.121. The molecule has 4 nitrogen and oxygen atoms in total. The molecule has 0 spiro atoms. The second-order valence-electron chi connectivity index (χ2n) is 5.57. The van der Waals surface area contributed by atoms with E-state index >= 15 is 0 Å². The number of aryl methyl sites for hydroxylation is 2. The highest BCUT2D eigenvalue weighted by molar-refractivity contribution is 6.30. The lowest BCUT2D eigenvalue weighted by Gasteiger charge is -2.08. The Morgan fingerprint density at radius 2 is 2.08 bits per heavy atom. The number of carbonyl (C=O) groups excluding carboxylic acids is 1. The van der Waals surface area contributed by atoms with Gasteiger partial charge in [0.2, 0.25) is 5.91 Å². The lowest BCUT2D eigenvalue weighted by atomic mass is 10.2. The third-order valence-corrected chi connectivity index (χ3v) is 3.62. The summed E-state index contributed by atoms with van der Waals surface area (Å²) < 4.78 is 5.65. The summed E-state index contributed by atoms with van der Waals surface area (Å²) in [6.07, 6.45) is 2.62. The Kier molecular flexibility index (Phi) is 6.82. The number of hydrogen-bond donors (Lipinski definition) is 1. The fraction of sp³-hybridized carbons (Fsp3) is 0.263. The molecule has 0 aromatic heterocycles. The van der Waals surface area contributed by atoms with Crippen LogP contribution in [0.25, 0.3) is 0 Å². The van der Waals surface area contributed by atoms with Gasteiger partial charge in [0.25, 0.3) is 0 Å². The van der Waals surface area contributed by atoms with E-state index in [4.69, 9.17) is 16.3 Å². The number of hydrazone groups is 1. The zero-order valence-electron chi connectivity index (χ0n) is 13.9. The number of benzene rings is 2. The predicted octanol–water partition coefficient (Wildman–Crippen LogP) is 4.27. The monoisotopic (exact) mass is 344 g/mol.